The number of halogens is 3. The van der Waals surface area contributed by atoms with Crippen LogP contribution in [0.15, 0.2) is 18.2 Å². The van der Waals surface area contributed by atoms with Crippen LogP contribution < -0.4 is 12.4 Å². The maximum atomic E-state index is 5.88. The second kappa shape index (κ2) is 5.37. The molecule has 0 aromatic heterocycles. The molecule has 0 unspecified atom stereocenters. The van der Waals surface area contributed by atoms with Crippen LogP contribution in [0.1, 0.15) is 5.56 Å². The van der Waals surface area contributed by atoms with Gasteiger partial charge in [-0.2, -0.15) is 0 Å². The smallest absolute Gasteiger partial charge is 1.00 e. The Morgan fingerprint density at radius 2 is 1.91 bits per heavy atom. The minimum Gasteiger partial charge on any atom is -1.00 e. The molecular formula is C7H5Cl3Zn. The number of benzene rings is 1. The molecule has 0 heterocycles. The molecule has 0 spiro atoms. The molecule has 0 aliphatic carbocycles. The van der Waals surface area contributed by atoms with Gasteiger partial charge in [0.25, 0.3) is 0 Å². The van der Waals surface area contributed by atoms with E-state index in [2.05, 4.69) is 0 Å². The van der Waals surface area contributed by atoms with Crippen LogP contribution in [0.4, 0.5) is 0 Å². The molecular weight excluding hydrogens is 256 g/mol. The standard InChI is InChI=1S/C7H5Cl2.ClH.Zn/c1-5-3-2-4-6(8)7(5)9;;/h2-4H,1H2;1H;/q;;+1/p-1. The molecule has 0 bridgehead atoms. The zero-order valence-electron chi connectivity index (χ0n) is 5.78. The van der Waals surface area contributed by atoms with Crippen LogP contribution in [-0.2, 0) is 23.3 Å². The Balaban J connectivity index is 0.000001000. The van der Waals surface area contributed by atoms with Crippen molar-refractivity contribution in [3.05, 3.63) is 33.8 Å². The van der Waals surface area contributed by atoms with Crippen LogP contribution in [-0.4, -0.2) is 0 Å². The molecule has 11 heavy (non-hydrogen) atoms. The fourth-order valence-corrected chi connectivity index (χ4v) is 2.36. The molecule has 0 aliphatic rings. The monoisotopic (exact) mass is 258 g/mol. The Hall–Kier alpha value is 0.713. The second-order valence-electron chi connectivity index (χ2n) is 1.96. The van der Waals surface area contributed by atoms with Crippen molar-refractivity contribution in [2.75, 3.05) is 0 Å². The molecule has 0 saturated heterocycles. The largest absolute Gasteiger partial charge is 1.00 e. The fourth-order valence-electron chi connectivity index (χ4n) is 0.742. The summed E-state index contributed by atoms with van der Waals surface area (Å²) in [5, 5.41) is 2.43. The van der Waals surface area contributed by atoms with E-state index in [0.717, 1.165) is 15.6 Å². The van der Waals surface area contributed by atoms with Gasteiger partial charge in [-0.3, -0.25) is 0 Å². The zero-order chi connectivity index (χ0) is 7.56. The van der Waals surface area contributed by atoms with Crippen molar-refractivity contribution in [3.8, 4) is 0 Å². The molecule has 0 nitrogen and oxygen atoms in total. The van der Waals surface area contributed by atoms with Crippen molar-refractivity contribution in [2.45, 2.75) is 5.02 Å². The molecule has 0 aliphatic heterocycles. The number of hydrogen-bond donors (Lipinski definition) is 0. The summed E-state index contributed by atoms with van der Waals surface area (Å²) >= 11 is 12.9. The Kier molecular flexibility index (Phi) is 5.72. The number of rotatable bonds is 1. The molecule has 0 N–H and O–H groups in total. The molecule has 1 aromatic rings. The van der Waals surface area contributed by atoms with Crippen LogP contribution in [0.2, 0.25) is 10.0 Å². The first-order valence-corrected chi connectivity index (χ1v) is 5.83. The van der Waals surface area contributed by atoms with E-state index >= 15 is 0 Å². The summed E-state index contributed by atoms with van der Waals surface area (Å²) in [5.41, 5.74) is 1.16. The summed E-state index contributed by atoms with van der Waals surface area (Å²) in [5.74, 6) is 0. The van der Waals surface area contributed by atoms with E-state index in [0.29, 0.717) is 5.02 Å². The van der Waals surface area contributed by atoms with Gasteiger partial charge in [-0.05, 0) is 0 Å². The SMILES string of the molecule is Clc1cccc([CH2][Zn+])c1Cl.[Cl-]. The van der Waals surface area contributed by atoms with Crippen molar-refractivity contribution in [2.24, 2.45) is 0 Å². The summed E-state index contributed by atoms with van der Waals surface area (Å²) in [6.07, 6.45) is 0. The third kappa shape index (κ3) is 2.91. The third-order valence-electron chi connectivity index (χ3n) is 1.30. The maximum absolute atomic E-state index is 5.88. The first-order valence-electron chi connectivity index (χ1n) is 2.98. The van der Waals surface area contributed by atoms with Gasteiger partial charge < -0.3 is 12.4 Å². The van der Waals surface area contributed by atoms with Gasteiger partial charge in [-0.1, -0.05) is 0 Å². The first-order chi connectivity index (χ1) is 4.75. The minimum atomic E-state index is 0. The number of hydrogen-bond acceptors (Lipinski definition) is 0. The first kappa shape index (κ1) is 11.7. The topological polar surface area (TPSA) is 0 Å². The molecule has 4 heteroatoms. The molecule has 0 radical (unpaired) electrons. The average Bonchev–Trinajstić information content (AvgIpc) is 1.95. The van der Waals surface area contributed by atoms with E-state index in [9.17, 15) is 0 Å². The van der Waals surface area contributed by atoms with E-state index in [-0.39, 0.29) is 12.4 Å². The van der Waals surface area contributed by atoms with Crippen LogP contribution >= 0.6 is 23.2 Å². The molecule has 0 atom stereocenters. The molecule has 0 saturated carbocycles. The van der Waals surface area contributed by atoms with E-state index in [1.807, 2.05) is 18.2 Å². The molecule has 0 amide bonds. The molecule has 1 aromatic carbocycles. The Morgan fingerprint density at radius 1 is 1.27 bits per heavy atom. The van der Waals surface area contributed by atoms with Gasteiger partial charge in [0.05, 0.1) is 0 Å². The fraction of sp³-hybridized carbons (Fsp3) is 0.143. The van der Waals surface area contributed by atoms with Crippen LogP contribution in [0.3, 0.4) is 0 Å². The Bertz CT molecular complexity index is 237. The van der Waals surface area contributed by atoms with Crippen molar-refractivity contribution in [1.82, 2.24) is 0 Å². The van der Waals surface area contributed by atoms with Crippen LogP contribution in [0, 0.1) is 0 Å². The minimum absolute atomic E-state index is 0. The second-order valence-corrected chi connectivity index (χ2v) is 3.80. The van der Waals surface area contributed by atoms with E-state index < -0.39 is 0 Å². The van der Waals surface area contributed by atoms with E-state index in [1.54, 1.807) is 0 Å². The molecule has 1 rings (SSSR count). The van der Waals surface area contributed by atoms with Gasteiger partial charge >= 0.3 is 80.3 Å². The van der Waals surface area contributed by atoms with Gasteiger partial charge in [0.1, 0.15) is 0 Å². The van der Waals surface area contributed by atoms with E-state index in [4.69, 9.17) is 23.2 Å². The zero-order valence-corrected chi connectivity index (χ0v) is 11.0. The Morgan fingerprint density at radius 3 is 2.36 bits per heavy atom. The summed E-state index contributed by atoms with van der Waals surface area (Å²) in [6.45, 7) is 0. The van der Waals surface area contributed by atoms with Gasteiger partial charge in [0.15, 0.2) is 0 Å². The van der Waals surface area contributed by atoms with Crippen molar-refractivity contribution in [1.29, 1.82) is 0 Å². The average molecular weight is 261 g/mol. The predicted molar refractivity (Wildman–Crippen MR) is 40.2 cm³/mol. The van der Waals surface area contributed by atoms with Crippen LogP contribution in [0.5, 0.6) is 0 Å². The summed E-state index contributed by atoms with van der Waals surface area (Å²) < 4.78 is 0. The van der Waals surface area contributed by atoms with Gasteiger partial charge in [0, 0.05) is 0 Å². The van der Waals surface area contributed by atoms with Crippen molar-refractivity contribution >= 4 is 23.2 Å². The summed E-state index contributed by atoms with van der Waals surface area (Å²) in [6, 6.07) is 5.75. The van der Waals surface area contributed by atoms with E-state index in [1.165, 1.54) is 18.3 Å². The Labute approximate surface area is 92.4 Å². The van der Waals surface area contributed by atoms with Gasteiger partial charge in [-0.25, -0.2) is 0 Å². The quantitative estimate of drug-likeness (QED) is 0.626. The maximum Gasteiger partial charge on any atom is -1.00 e. The summed E-state index contributed by atoms with van der Waals surface area (Å²) in [4.78, 5) is 0. The van der Waals surface area contributed by atoms with Crippen molar-refractivity contribution < 1.29 is 30.7 Å². The van der Waals surface area contributed by atoms with Crippen molar-refractivity contribution in [3.63, 3.8) is 0 Å². The predicted octanol–water partition coefficient (Wildman–Crippen LogP) is 0.0442. The van der Waals surface area contributed by atoms with Crippen LogP contribution in [0.25, 0.3) is 0 Å². The molecule has 56 valence electrons. The normalized spacial score (nSPS) is 9.09. The third-order valence-corrected chi connectivity index (χ3v) is 3.29. The van der Waals surface area contributed by atoms with Gasteiger partial charge in [-0.15, -0.1) is 0 Å². The summed E-state index contributed by atoms with van der Waals surface area (Å²) in [7, 11) is 0. The molecule has 0 fully saturated rings. The van der Waals surface area contributed by atoms with Gasteiger partial charge in [0.2, 0.25) is 0 Å².